The molecular formula is C37H34Cl2N4O6S. The van der Waals surface area contributed by atoms with Crippen molar-refractivity contribution in [1.29, 1.82) is 0 Å². The fraction of sp³-hybridized carbons (Fsp3) is 0.216. The van der Waals surface area contributed by atoms with Crippen LogP contribution < -0.4 is 20.9 Å². The molecule has 0 saturated heterocycles. The SMILES string of the molecule is O=C(CCOCCNC1=C(Cl)C(=O)c2ccccc2C1=O)Nc1ccc(N(C(=O)CCl)C(C(=O)NCCc2ccccc2)c2cccs2)cc1. The monoisotopic (exact) mass is 732 g/mol. The van der Waals surface area contributed by atoms with Crippen molar-refractivity contribution >= 4 is 75.2 Å². The molecule has 258 valence electrons. The summed E-state index contributed by atoms with van der Waals surface area (Å²) >= 11 is 13.5. The van der Waals surface area contributed by atoms with Gasteiger partial charge in [0.05, 0.1) is 19.6 Å². The Morgan fingerprint density at radius 3 is 2.20 bits per heavy atom. The first kappa shape index (κ1) is 36.5. The minimum atomic E-state index is -0.941. The van der Waals surface area contributed by atoms with Gasteiger partial charge >= 0.3 is 0 Å². The normalized spacial score (nSPS) is 13.0. The standard InChI is InChI=1S/C37H34Cl2N4O6S/c38-23-31(45)43(34(29-11-6-22-50-29)37(48)41-18-16-24-7-2-1-3-8-24)26-14-12-25(13-15-26)42-30(44)17-20-49-21-19-40-33-32(39)35(46)27-9-4-5-10-28(27)36(33)47/h1-15,22,34,40H,16-21,23H2,(H,41,48)(H,42,44). The van der Waals surface area contributed by atoms with Crippen LogP contribution >= 0.6 is 34.5 Å². The molecule has 1 unspecified atom stereocenters. The number of hydrogen-bond donors (Lipinski definition) is 3. The topological polar surface area (TPSA) is 134 Å². The van der Waals surface area contributed by atoms with Gasteiger partial charge in [0.25, 0.3) is 0 Å². The maximum absolute atomic E-state index is 13.6. The summed E-state index contributed by atoms with van der Waals surface area (Å²) in [4.78, 5) is 66.7. The van der Waals surface area contributed by atoms with Crippen molar-refractivity contribution in [2.45, 2.75) is 18.9 Å². The average Bonchev–Trinajstić information content (AvgIpc) is 3.67. The minimum absolute atomic E-state index is 0.0249. The van der Waals surface area contributed by atoms with Gasteiger partial charge in [-0.1, -0.05) is 72.3 Å². The molecule has 4 aromatic rings. The van der Waals surface area contributed by atoms with Crippen LogP contribution in [0.2, 0.25) is 0 Å². The Labute approximate surface area is 303 Å². The van der Waals surface area contributed by atoms with Crippen molar-refractivity contribution < 1.29 is 28.7 Å². The highest BCUT2D eigenvalue weighted by Gasteiger charge is 2.33. The number of allylic oxidation sites excluding steroid dienone is 2. The third-order valence-corrected chi connectivity index (χ3v) is 9.29. The molecule has 0 aliphatic heterocycles. The second kappa shape index (κ2) is 17.7. The molecule has 0 spiro atoms. The third-order valence-electron chi connectivity index (χ3n) is 7.77. The van der Waals surface area contributed by atoms with E-state index in [0.717, 1.165) is 5.56 Å². The van der Waals surface area contributed by atoms with Gasteiger partial charge in [0.1, 0.15) is 22.7 Å². The second-order valence-corrected chi connectivity index (χ2v) is 12.7. The number of Topliss-reactive ketones (excluding diaryl/α,β-unsaturated/α-hetero) is 2. The van der Waals surface area contributed by atoms with E-state index < -0.39 is 17.7 Å². The molecule has 1 aromatic heterocycles. The van der Waals surface area contributed by atoms with Gasteiger partial charge in [-0.25, -0.2) is 0 Å². The molecule has 3 aromatic carbocycles. The van der Waals surface area contributed by atoms with Gasteiger partial charge in [0, 0.05) is 40.5 Å². The Balaban J connectivity index is 1.12. The lowest BCUT2D eigenvalue weighted by molar-refractivity contribution is -0.125. The van der Waals surface area contributed by atoms with Gasteiger partial charge in [0.2, 0.25) is 29.3 Å². The third kappa shape index (κ3) is 9.05. The first-order valence-corrected chi connectivity index (χ1v) is 17.6. The number of nitrogens with one attached hydrogen (secondary N) is 3. The van der Waals surface area contributed by atoms with Crippen molar-refractivity contribution in [2.24, 2.45) is 0 Å². The molecule has 1 heterocycles. The molecule has 0 radical (unpaired) electrons. The summed E-state index contributed by atoms with van der Waals surface area (Å²) in [5.41, 5.74) is 2.59. The summed E-state index contributed by atoms with van der Waals surface area (Å²) in [5.74, 6) is -2.21. The molecule has 50 heavy (non-hydrogen) atoms. The number of anilines is 2. The molecule has 5 rings (SSSR count). The summed E-state index contributed by atoms with van der Waals surface area (Å²) in [5, 5.41) is 10.3. The van der Waals surface area contributed by atoms with E-state index in [9.17, 15) is 24.0 Å². The Hall–Kier alpha value is -4.81. The highest BCUT2D eigenvalue weighted by molar-refractivity contribution is 7.10. The summed E-state index contributed by atoms with van der Waals surface area (Å²) < 4.78 is 5.55. The summed E-state index contributed by atoms with van der Waals surface area (Å²) in [6, 6.07) is 25.5. The second-order valence-electron chi connectivity index (χ2n) is 11.1. The molecule has 0 saturated carbocycles. The number of benzene rings is 3. The van der Waals surface area contributed by atoms with Crippen LogP contribution in [-0.4, -0.2) is 61.5 Å². The zero-order valence-corrected chi connectivity index (χ0v) is 29.2. The number of rotatable bonds is 16. The molecule has 0 bridgehead atoms. The van der Waals surface area contributed by atoms with Crippen LogP contribution in [0.1, 0.15) is 43.6 Å². The number of halogens is 2. The van der Waals surface area contributed by atoms with Crippen LogP contribution in [0.4, 0.5) is 11.4 Å². The number of ether oxygens (including phenoxy) is 1. The lowest BCUT2D eigenvalue weighted by atomic mass is 9.92. The van der Waals surface area contributed by atoms with E-state index in [1.54, 1.807) is 54.6 Å². The van der Waals surface area contributed by atoms with Gasteiger partial charge in [-0.3, -0.25) is 28.9 Å². The first-order valence-electron chi connectivity index (χ1n) is 15.8. The molecule has 1 aliphatic rings. The highest BCUT2D eigenvalue weighted by Crippen LogP contribution is 2.32. The van der Waals surface area contributed by atoms with Crippen LogP contribution in [-0.2, 0) is 25.5 Å². The van der Waals surface area contributed by atoms with Crippen molar-refractivity contribution in [1.82, 2.24) is 10.6 Å². The number of alkyl halides is 1. The fourth-order valence-corrected chi connectivity index (χ4v) is 6.54. The molecule has 0 fully saturated rings. The van der Waals surface area contributed by atoms with Gasteiger partial charge in [-0.2, -0.15) is 0 Å². The van der Waals surface area contributed by atoms with E-state index in [1.165, 1.54) is 16.2 Å². The maximum Gasteiger partial charge on any atom is 0.248 e. The number of fused-ring (bicyclic) bond motifs is 1. The number of ketones is 2. The van der Waals surface area contributed by atoms with Gasteiger partial charge in [0.15, 0.2) is 0 Å². The molecule has 13 heteroatoms. The first-order chi connectivity index (χ1) is 24.3. The number of nitrogens with zero attached hydrogens (tertiary/aromatic N) is 1. The molecule has 3 amide bonds. The number of amides is 3. The largest absolute Gasteiger partial charge is 0.379 e. The predicted molar refractivity (Wildman–Crippen MR) is 195 cm³/mol. The predicted octanol–water partition coefficient (Wildman–Crippen LogP) is 5.88. The molecule has 1 aliphatic carbocycles. The van der Waals surface area contributed by atoms with Crippen molar-refractivity contribution in [3.8, 4) is 0 Å². The average molecular weight is 734 g/mol. The quantitative estimate of drug-likeness (QED) is 0.0968. The van der Waals surface area contributed by atoms with Crippen LogP contribution in [0, 0.1) is 0 Å². The Morgan fingerprint density at radius 2 is 1.52 bits per heavy atom. The van der Waals surface area contributed by atoms with Crippen LogP contribution in [0.15, 0.2) is 107 Å². The van der Waals surface area contributed by atoms with Gasteiger partial charge < -0.3 is 20.7 Å². The van der Waals surface area contributed by atoms with Crippen LogP contribution in [0.25, 0.3) is 0 Å². The summed E-state index contributed by atoms with van der Waals surface area (Å²) in [6.45, 7) is 0.855. The smallest absolute Gasteiger partial charge is 0.248 e. The maximum atomic E-state index is 13.6. The van der Waals surface area contributed by atoms with E-state index in [1.807, 2.05) is 41.8 Å². The number of carbonyl (C=O) groups excluding carboxylic acids is 5. The van der Waals surface area contributed by atoms with E-state index in [4.69, 9.17) is 27.9 Å². The van der Waals surface area contributed by atoms with Gasteiger partial charge in [-0.05, 0) is 47.7 Å². The zero-order chi connectivity index (χ0) is 35.5. The van der Waals surface area contributed by atoms with E-state index in [2.05, 4.69) is 16.0 Å². The lowest BCUT2D eigenvalue weighted by Gasteiger charge is -2.30. The highest BCUT2D eigenvalue weighted by atomic mass is 35.5. The molecule has 1 atom stereocenters. The zero-order valence-electron chi connectivity index (χ0n) is 26.8. The van der Waals surface area contributed by atoms with Crippen molar-refractivity contribution in [3.63, 3.8) is 0 Å². The van der Waals surface area contributed by atoms with E-state index in [0.29, 0.717) is 29.2 Å². The Bertz CT molecular complexity index is 1870. The fourth-order valence-electron chi connectivity index (χ4n) is 5.34. The summed E-state index contributed by atoms with van der Waals surface area (Å²) in [7, 11) is 0. The van der Waals surface area contributed by atoms with E-state index in [-0.39, 0.29) is 71.5 Å². The minimum Gasteiger partial charge on any atom is -0.379 e. The molecular weight excluding hydrogens is 699 g/mol. The summed E-state index contributed by atoms with van der Waals surface area (Å²) in [6.07, 6.45) is 0.686. The Kier molecular flexibility index (Phi) is 12.9. The molecule has 10 nitrogen and oxygen atoms in total. The van der Waals surface area contributed by atoms with Crippen molar-refractivity contribution in [3.05, 3.63) is 129 Å². The molecule has 3 N–H and O–H groups in total. The van der Waals surface area contributed by atoms with E-state index >= 15 is 0 Å². The number of thiophene rings is 1. The number of hydrogen-bond acceptors (Lipinski definition) is 8. The van der Waals surface area contributed by atoms with Crippen molar-refractivity contribution in [2.75, 3.05) is 42.4 Å². The number of carbonyl (C=O) groups is 5. The van der Waals surface area contributed by atoms with Crippen LogP contribution in [0.3, 0.4) is 0 Å². The van der Waals surface area contributed by atoms with Crippen LogP contribution in [0.5, 0.6) is 0 Å². The Morgan fingerprint density at radius 1 is 0.820 bits per heavy atom. The van der Waals surface area contributed by atoms with Gasteiger partial charge in [-0.15, -0.1) is 22.9 Å². The lowest BCUT2D eigenvalue weighted by Crippen LogP contribution is -2.44.